The SMILES string of the molecule is Cc1nc2ccc(NC(=O)CCN3CCC(=O)NC3=O)cc2s1. The number of rotatable bonds is 4. The summed E-state index contributed by atoms with van der Waals surface area (Å²) in [5.41, 5.74) is 1.63. The van der Waals surface area contributed by atoms with Gasteiger partial charge in [-0.1, -0.05) is 0 Å². The van der Waals surface area contributed by atoms with Crippen molar-refractivity contribution >= 4 is 45.1 Å². The Morgan fingerprint density at radius 2 is 2.26 bits per heavy atom. The van der Waals surface area contributed by atoms with Crippen molar-refractivity contribution in [2.45, 2.75) is 19.8 Å². The van der Waals surface area contributed by atoms with Gasteiger partial charge in [-0.05, 0) is 25.1 Å². The highest BCUT2D eigenvalue weighted by Gasteiger charge is 2.23. The number of aryl methyl sites for hydroxylation is 1. The van der Waals surface area contributed by atoms with E-state index in [1.54, 1.807) is 11.3 Å². The first-order chi connectivity index (χ1) is 11.0. The lowest BCUT2D eigenvalue weighted by atomic mass is 10.2. The molecule has 8 heteroatoms. The summed E-state index contributed by atoms with van der Waals surface area (Å²) in [6.45, 7) is 2.58. The number of hydrogen-bond donors (Lipinski definition) is 2. The Morgan fingerprint density at radius 3 is 3.04 bits per heavy atom. The predicted octanol–water partition coefficient (Wildman–Crippen LogP) is 1.88. The number of imide groups is 1. The number of anilines is 1. The van der Waals surface area contributed by atoms with Crippen LogP contribution < -0.4 is 10.6 Å². The molecule has 0 spiro atoms. The third kappa shape index (κ3) is 3.65. The van der Waals surface area contributed by atoms with Gasteiger partial charge in [0.05, 0.1) is 15.2 Å². The van der Waals surface area contributed by atoms with Crippen LogP contribution in [0.4, 0.5) is 10.5 Å². The number of hydrogen-bond acceptors (Lipinski definition) is 5. The van der Waals surface area contributed by atoms with Crippen LogP contribution in [0, 0.1) is 6.92 Å². The zero-order valence-corrected chi connectivity index (χ0v) is 13.4. The van der Waals surface area contributed by atoms with E-state index in [1.165, 1.54) is 4.90 Å². The number of amides is 4. The van der Waals surface area contributed by atoms with E-state index in [0.29, 0.717) is 12.2 Å². The minimum Gasteiger partial charge on any atom is -0.326 e. The van der Waals surface area contributed by atoms with E-state index in [2.05, 4.69) is 15.6 Å². The lowest BCUT2D eigenvalue weighted by Gasteiger charge is -2.26. The van der Waals surface area contributed by atoms with Crippen LogP contribution >= 0.6 is 11.3 Å². The smallest absolute Gasteiger partial charge is 0.324 e. The number of urea groups is 1. The Balaban J connectivity index is 1.56. The van der Waals surface area contributed by atoms with Crippen molar-refractivity contribution in [1.29, 1.82) is 0 Å². The van der Waals surface area contributed by atoms with E-state index in [1.807, 2.05) is 25.1 Å². The number of aromatic nitrogens is 1. The molecule has 1 aliphatic rings. The first kappa shape index (κ1) is 15.4. The zero-order chi connectivity index (χ0) is 16.4. The summed E-state index contributed by atoms with van der Waals surface area (Å²) in [7, 11) is 0. The van der Waals surface area contributed by atoms with Crippen LogP contribution in [0.5, 0.6) is 0 Å². The number of nitrogens with zero attached hydrogens (tertiary/aromatic N) is 2. The molecule has 0 atom stereocenters. The van der Waals surface area contributed by atoms with Crippen molar-refractivity contribution in [2.75, 3.05) is 18.4 Å². The van der Waals surface area contributed by atoms with Crippen molar-refractivity contribution in [3.8, 4) is 0 Å². The number of fused-ring (bicyclic) bond motifs is 1. The zero-order valence-electron chi connectivity index (χ0n) is 12.6. The van der Waals surface area contributed by atoms with Gasteiger partial charge in [0.25, 0.3) is 0 Å². The summed E-state index contributed by atoms with van der Waals surface area (Å²) in [5, 5.41) is 6.04. The molecule has 1 aromatic heterocycles. The van der Waals surface area contributed by atoms with E-state index >= 15 is 0 Å². The maximum atomic E-state index is 12.0. The molecule has 0 aliphatic carbocycles. The predicted molar refractivity (Wildman–Crippen MR) is 87.3 cm³/mol. The number of carbonyl (C=O) groups is 3. The molecule has 0 saturated carbocycles. The van der Waals surface area contributed by atoms with Crippen molar-refractivity contribution in [2.24, 2.45) is 0 Å². The lowest BCUT2D eigenvalue weighted by molar-refractivity contribution is -0.121. The molecule has 4 amide bonds. The molecule has 0 bridgehead atoms. The van der Waals surface area contributed by atoms with Crippen LogP contribution in [0.3, 0.4) is 0 Å². The summed E-state index contributed by atoms with van der Waals surface area (Å²) in [6, 6.07) is 5.14. The molecule has 120 valence electrons. The fourth-order valence-electron chi connectivity index (χ4n) is 2.39. The quantitative estimate of drug-likeness (QED) is 0.894. The Morgan fingerprint density at radius 1 is 1.43 bits per heavy atom. The summed E-state index contributed by atoms with van der Waals surface area (Å²) >= 11 is 1.57. The van der Waals surface area contributed by atoms with E-state index in [0.717, 1.165) is 15.2 Å². The topological polar surface area (TPSA) is 91.4 Å². The molecule has 1 aromatic carbocycles. The summed E-state index contributed by atoms with van der Waals surface area (Å²) < 4.78 is 1.02. The van der Waals surface area contributed by atoms with Gasteiger partial charge in [-0.2, -0.15) is 0 Å². The lowest BCUT2D eigenvalue weighted by Crippen LogP contribution is -2.50. The fraction of sp³-hybridized carbons (Fsp3) is 0.333. The van der Waals surface area contributed by atoms with Gasteiger partial charge in [0.15, 0.2) is 0 Å². The fourth-order valence-corrected chi connectivity index (χ4v) is 3.26. The molecule has 2 N–H and O–H groups in total. The number of benzene rings is 1. The average molecular weight is 332 g/mol. The van der Waals surface area contributed by atoms with Gasteiger partial charge in [0, 0.05) is 31.6 Å². The average Bonchev–Trinajstić information content (AvgIpc) is 2.85. The second-order valence-corrected chi connectivity index (χ2v) is 6.54. The number of carbonyl (C=O) groups excluding carboxylic acids is 3. The molecule has 2 heterocycles. The maximum absolute atomic E-state index is 12.0. The van der Waals surface area contributed by atoms with Crippen molar-refractivity contribution in [3.05, 3.63) is 23.2 Å². The molecule has 1 aliphatic heterocycles. The van der Waals surface area contributed by atoms with Crippen LogP contribution in [0.15, 0.2) is 18.2 Å². The van der Waals surface area contributed by atoms with E-state index < -0.39 is 6.03 Å². The molecule has 3 rings (SSSR count). The second-order valence-electron chi connectivity index (χ2n) is 5.30. The first-order valence-electron chi connectivity index (χ1n) is 7.27. The number of thiazole rings is 1. The van der Waals surface area contributed by atoms with Crippen molar-refractivity contribution in [1.82, 2.24) is 15.2 Å². The van der Waals surface area contributed by atoms with Crippen molar-refractivity contribution < 1.29 is 14.4 Å². The Kier molecular flexibility index (Phi) is 4.24. The van der Waals surface area contributed by atoms with Crippen LogP contribution in [-0.2, 0) is 9.59 Å². The molecular formula is C15H16N4O3S. The first-order valence-corrected chi connectivity index (χ1v) is 8.09. The third-order valence-corrected chi connectivity index (χ3v) is 4.46. The van der Waals surface area contributed by atoms with E-state index in [-0.39, 0.29) is 31.2 Å². The highest BCUT2D eigenvalue weighted by molar-refractivity contribution is 7.18. The minimum absolute atomic E-state index is 0.171. The molecule has 0 unspecified atom stereocenters. The van der Waals surface area contributed by atoms with E-state index in [9.17, 15) is 14.4 Å². The van der Waals surface area contributed by atoms with E-state index in [4.69, 9.17) is 0 Å². The third-order valence-electron chi connectivity index (χ3n) is 3.53. The van der Waals surface area contributed by atoms with Crippen LogP contribution in [0.2, 0.25) is 0 Å². The Bertz CT molecular complexity index is 786. The highest BCUT2D eigenvalue weighted by atomic mass is 32.1. The van der Waals surface area contributed by atoms with Gasteiger partial charge in [0.1, 0.15) is 0 Å². The molecular weight excluding hydrogens is 316 g/mol. The summed E-state index contributed by atoms with van der Waals surface area (Å²) in [5.74, 6) is -0.445. The van der Waals surface area contributed by atoms with Crippen LogP contribution in [0.1, 0.15) is 17.8 Å². The second kappa shape index (κ2) is 6.33. The molecule has 1 fully saturated rings. The monoisotopic (exact) mass is 332 g/mol. The summed E-state index contributed by atoms with van der Waals surface area (Å²) in [6.07, 6.45) is 0.454. The maximum Gasteiger partial charge on any atom is 0.324 e. The van der Waals surface area contributed by atoms with Gasteiger partial charge in [-0.25, -0.2) is 9.78 Å². The van der Waals surface area contributed by atoms with Crippen molar-refractivity contribution in [3.63, 3.8) is 0 Å². The highest BCUT2D eigenvalue weighted by Crippen LogP contribution is 2.24. The molecule has 1 saturated heterocycles. The van der Waals surface area contributed by atoms with Crippen LogP contribution in [-0.4, -0.2) is 40.8 Å². The standard InChI is InChI=1S/C15H16N4O3S/c1-9-16-11-3-2-10(8-12(11)23-9)17-13(20)4-6-19-7-5-14(21)18-15(19)22/h2-3,8H,4-7H2,1H3,(H,17,20)(H,18,21,22). The van der Waals surface area contributed by atoms with Gasteiger partial charge in [-0.15, -0.1) is 11.3 Å². The largest absolute Gasteiger partial charge is 0.326 e. The summed E-state index contributed by atoms with van der Waals surface area (Å²) in [4.78, 5) is 40.5. The van der Waals surface area contributed by atoms with Gasteiger partial charge in [-0.3, -0.25) is 14.9 Å². The number of nitrogens with one attached hydrogen (secondary N) is 2. The normalized spacial score (nSPS) is 14.9. The van der Waals surface area contributed by atoms with Gasteiger partial charge < -0.3 is 10.2 Å². The Labute approximate surface area is 136 Å². The Hall–Kier alpha value is -2.48. The van der Waals surface area contributed by atoms with Gasteiger partial charge in [0.2, 0.25) is 11.8 Å². The molecule has 2 aromatic rings. The molecule has 7 nitrogen and oxygen atoms in total. The molecule has 23 heavy (non-hydrogen) atoms. The van der Waals surface area contributed by atoms with Gasteiger partial charge >= 0.3 is 6.03 Å². The molecule has 0 radical (unpaired) electrons. The minimum atomic E-state index is -0.435. The van der Waals surface area contributed by atoms with Crippen LogP contribution in [0.25, 0.3) is 10.2 Å².